The first-order valence-corrected chi connectivity index (χ1v) is 4.97. The predicted molar refractivity (Wildman–Crippen MR) is 52.5 cm³/mol. The van der Waals surface area contributed by atoms with Gasteiger partial charge in [0.1, 0.15) is 9.88 Å². The Bertz CT molecular complexity index is 390. The van der Waals surface area contributed by atoms with E-state index in [-0.39, 0.29) is 17.2 Å². The molecule has 1 aromatic rings. The first-order valence-electron chi connectivity index (χ1n) is 4.16. The van der Waals surface area contributed by atoms with Crippen molar-refractivity contribution in [2.45, 2.75) is 26.2 Å². The summed E-state index contributed by atoms with van der Waals surface area (Å²) in [5.74, 6) is -0.889. The molecule has 0 amide bonds. The summed E-state index contributed by atoms with van der Waals surface area (Å²) in [6, 6.07) is 1.96. The minimum absolute atomic E-state index is 0.0739. The molecule has 1 rings (SSSR count). The number of carboxylic acid groups (broad SMARTS) is 1. The van der Waals surface area contributed by atoms with E-state index in [4.69, 9.17) is 10.4 Å². The monoisotopic (exact) mass is 210 g/mol. The Morgan fingerprint density at radius 1 is 1.71 bits per heavy atom. The van der Waals surface area contributed by atoms with E-state index in [2.05, 4.69) is 4.98 Å². The lowest BCUT2D eigenvalue weighted by atomic mass is 10.1. The van der Waals surface area contributed by atoms with Gasteiger partial charge in [-0.15, -0.1) is 11.3 Å². The van der Waals surface area contributed by atoms with Crippen LogP contribution in [0.15, 0.2) is 0 Å². The zero-order valence-electron chi connectivity index (χ0n) is 7.94. The molecule has 1 heterocycles. The van der Waals surface area contributed by atoms with Crippen molar-refractivity contribution >= 4 is 17.3 Å². The van der Waals surface area contributed by atoms with Gasteiger partial charge in [0.05, 0.1) is 18.2 Å². The maximum absolute atomic E-state index is 10.8. The van der Waals surface area contributed by atoms with Gasteiger partial charge in [-0.05, 0) is 5.92 Å². The summed E-state index contributed by atoms with van der Waals surface area (Å²) < 4.78 is 0. The molecule has 0 aliphatic heterocycles. The number of hydrogen-bond donors (Lipinski definition) is 1. The number of thiazole rings is 1. The first kappa shape index (κ1) is 10.7. The van der Waals surface area contributed by atoms with Crippen LogP contribution in [0, 0.1) is 11.3 Å². The standard InChI is InChI=1S/C9H10N2O2S/c1-5(2)7-8(9(12)13)14-6(11-7)3-4-10/h5H,3H2,1-2H3,(H,12,13). The largest absolute Gasteiger partial charge is 0.477 e. The number of carbonyl (C=O) groups is 1. The van der Waals surface area contributed by atoms with Crippen LogP contribution in [0.2, 0.25) is 0 Å². The second-order valence-electron chi connectivity index (χ2n) is 3.12. The Morgan fingerprint density at radius 2 is 2.36 bits per heavy atom. The molecule has 0 fully saturated rings. The average Bonchev–Trinajstić information content (AvgIpc) is 2.49. The molecule has 0 aromatic carbocycles. The fourth-order valence-corrected chi connectivity index (χ4v) is 2.06. The quantitative estimate of drug-likeness (QED) is 0.828. The summed E-state index contributed by atoms with van der Waals surface area (Å²) in [4.78, 5) is 15.2. The van der Waals surface area contributed by atoms with Gasteiger partial charge in [-0.2, -0.15) is 5.26 Å². The van der Waals surface area contributed by atoms with Gasteiger partial charge in [0, 0.05) is 0 Å². The maximum atomic E-state index is 10.8. The number of nitriles is 1. The zero-order chi connectivity index (χ0) is 10.7. The third-order valence-corrected chi connectivity index (χ3v) is 2.73. The van der Waals surface area contributed by atoms with Crippen molar-refractivity contribution < 1.29 is 9.90 Å². The van der Waals surface area contributed by atoms with Crippen LogP contribution in [-0.4, -0.2) is 16.1 Å². The number of rotatable bonds is 3. The van der Waals surface area contributed by atoms with Crippen molar-refractivity contribution in [1.29, 1.82) is 5.26 Å². The van der Waals surface area contributed by atoms with Gasteiger partial charge in [0.15, 0.2) is 0 Å². The molecule has 4 nitrogen and oxygen atoms in total. The third-order valence-electron chi connectivity index (χ3n) is 1.67. The van der Waals surface area contributed by atoms with Gasteiger partial charge < -0.3 is 5.11 Å². The topological polar surface area (TPSA) is 74.0 Å². The van der Waals surface area contributed by atoms with Crippen molar-refractivity contribution in [3.05, 3.63) is 15.6 Å². The molecule has 0 aliphatic rings. The Balaban J connectivity index is 3.14. The van der Waals surface area contributed by atoms with E-state index in [1.807, 2.05) is 19.9 Å². The molecule has 0 saturated carbocycles. The molecule has 0 atom stereocenters. The number of nitrogens with zero attached hydrogens (tertiary/aromatic N) is 2. The predicted octanol–water partition coefficient (Wildman–Crippen LogP) is 2.03. The van der Waals surface area contributed by atoms with Crippen molar-refractivity contribution in [2.24, 2.45) is 0 Å². The Kier molecular flexibility index (Phi) is 3.20. The highest BCUT2D eigenvalue weighted by molar-refractivity contribution is 7.13. The van der Waals surface area contributed by atoms with Crippen LogP contribution in [-0.2, 0) is 6.42 Å². The Morgan fingerprint density at radius 3 is 2.71 bits per heavy atom. The van der Waals surface area contributed by atoms with Crippen LogP contribution in [0.5, 0.6) is 0 Å². The third kappa shape index (κ3) is 2.09. The van der Waals surface area contributed by atoms with E-state index < -0.39 is 5.97 Å². The van der Waals surface area contributed by atoms with E-state index in [1.165, 1.54) is 0 Å². The molecule has 0 unspecified atom stereocenters. The SMILES string of the molecule is CC(C)c1nc(CC#N)sc1C(=O)O. The van der Waals surface area contributed by atoms with E-state index in [9.17, 15) is 4.79 Å². The number of hydrogen-bond acceptors (Lipinski definition) is 4. The molecule has 5 heteroatoms. The molecule has 1 N–H and O–H groups in total. The second kappa shape index (κ2) is 4.20. The first-order chi connectivity index (χ1) is 6.56. The van der Waals surface area contributed by atoms with Gasteiger partial charge >= 0.3 is 5.97 Å². The van der Waals surface area contributed by atoms with Gasteiger partial charge in [-0.1, -0.05) is 13.8 Å². The summed E-state index contributed by atoms with van der Waals surface area (Å²) in [5.41, 5.74) is 0.577. The lowest BCUT2D eigenvalue weighted by molar-refractivity contribution is 0.0700. The summed E-state index contributed by atoms with van der Waals surface area (Å²) >= 11 is 1.09. The van der Waals surface area contributed by atoms with E-state index in [0.29, 0.717) is 10.7 Å². The van der Waals surface area contributed by atoms with Gasteiger partial charge in [0.2, 0.25) is 0 Å². The molecule has 74 valence electrons. The van der Waals surface area contributed by atoms with E-state index >= 15 is 0 Å². The number of aromatic carboxylic acids is 1. The van der Waals surface area contributed by atoms with E-state index in [1.54, 1.807) is 0 Å². The highest BCUT2D eigenvalue weighted by Crippen LogP contribution is 2.25. The molecule has 0 aliphatic carbocycles. The summed E-state index contributed by atoms with van der Waals surface area (Å²) in [7, 11) is 0. The Hall–Kier alpha value is -1.41. The highest BCUT2D eigenvalue weighted by Gasteiger charge is 2.19. The van der Waals surface area contributed by atoms with E-state index in [0.717, 1.165) is 11.3 Å². The smallest absolute Gasteiger partial charge is 0.347 e. The molecule has 1 aromatic heterocycles. The summed E-state index contributed by atoms with van der Waals surface area (Å²) in [5, 5.41) is 17.9. The molecular formula is C9H10N2O2S. The lowest BCUT2D eigenvalue weighted by Gasteiger charge is -2.00. The molecule has 0 saturated heterocycles. The fourth-order valence-electron chi connectivity index (χ4n) is 1.07. The fraction of sp³-hybridized carbons (Fsp3) is 0.444. The van der Waals surface area contributed by atoms with Crippen LogP contribution in [0.25, 0.3) is 0 Å². The van der Waals surface area contributed by atoms with Gasteiger partial charge in [-0.3, -0.25) is 0 Å². The second-order valence-corrected chi connectivity index (χ2v) is 4.20. The average molecular weight is 210 g/mol. The zero-order valence-corrected chi connectivity index (χ0v) is 8.76. The number of carboxylic acids is 1. The Labute approximate surface area is 85.8 Å². The van der Waals surface area contributed by atoms with Crippen LogP contribution >= 0.6 is 11.3 Å². The van der Waals surface area contributed by atoms with Crippen LogP contribution < -0.4 is 0 Å². The van der Waals surface area contributed by atoms with Gasteiger partial charge in [0.25, 0.3) is 0 Å². The van der Waals surface area contributed by atoms with Gasteiger partial charge in [-0.25, -0.2) is 9.78 Å². The minimum Gasteiger partial charge on any atom is -0.477 e. The highest BCUT2D eigenvalue weighted by atomic mass is 32.1. The van der Waals surface area contributed by atoms with Crippen LogP contribution in [0.4, 0.5) is 0 Å². The van der Waals surface area contributed by atoms with Crippen LogP contribution in [0.3, 0.4) is 0 Å². The number of aromatic nitrogens is 1. The van der Waals surface area contributed by atoms with Crippen molar-refractivity contribution in [3.8, 4) is 6.07 Å². The normalized spacial score (nSPS) is 10.1. The van der Waals surface area contributed by atoms with Crippen molar-refractivity contribution in [3.63, 3.8) is 0 Å². The molecular weight excluding hydrogens is 200 g/mol. The molecule has 0 radical (unpaired) electrons. The molecule has 14 heavy (non-hydrogen) atoms. The minimum atomic E-state index is -0.963. The maximum Gasteiger partial charge on any atom is 0.347 e. The van der Waals surface area contributed by atoms with Crippen molar-refractivity contribution in [1.82, 2.24) is 4.98 Å². The molecule has 0 spiro atoms. The van der Waals surface area contributed by atoms with Crippen LogP contribution in [0.1, 0.15) is 40.1 Å². The van der Waals surface area contributed by atoms with Crippen molar-refractivity contribution in [2.75, 3.05) is 0 Å². The molecule has 0 bridgehead atoms. The lowest BCUT2D eigenvalue weighted by Crippen LogP contribution is -2.00. The summed E-state index contributed by atoms with van der Waals surface area (Å²) in [6.07, 6.45) is 0.178. The summed E-state index contributed by atoms with van der Waals surface area (Å²) in [6.45, 7) is 3.77.